The van der Waals surface area contributed by atoms with Crippen molar-refractivity contribution in [1.82, 2.24) is 0 Å². The Balaban J connectivity index is 2.40. The number of hydrogen-bond donors (Lipinski definition) is 0. The van der Waals surface area contributed by atoms with E-state index in [0.717, 1.165) is 19.3 Å². The molecule has 1 aliphatic carbocycles. The van der Waals surface area contributed by atoms with Crippen LogP contribution in [0.15, 0.2) is 22.7 Å². The van der Waals surface area contributed by atoms with E-state index >= 15 is 0 Å². The fourth-order valence-corrected chi connectivity index (χ4v) is 2.42. The highest BCUT2D eigenvalue weighted by Gasteiger charge is 2.11. The topological polar surface area (TPSA) is 26.3 Å². The van der Waals surface area contributed by atoms with Gasteiger partial charge in [-0.2, -0.15) is 0 Å². The van der Waals surface area contributed by atoms with Crippen LogP contribution in [-0.2, 0) is 11.2 Å². The number of halogens is 1. The molecule has 0 spiro atoms. The zero-order valence-electron chi connectivity index (χ0n) is 9.13. The first-order valence-corrected chi connectivity index (χ1v) is 6.07. The van der Waals surface area contributed by atoms with Crippen LogP contribution < -0.4 is 0 Å². The number of methoxy groups -OCH3 is 1. The maximum Gasteiger partial charge on any atom is 0.337 e. The molecule has 0 amide bonds. The number of aryl methyl sites for hydroxylation is 1. The van der Waals surface area contributed by atoms with E-state index in [0.29, 0.717) is 5.56 Å². The second-order valence-corrected chi connectivity index (χ2v) is 4.87. The van der Waals surface area contributed by atoms with Gasteiger partial charge in [0.25, 0.3) is 0 Å². The average Bonchev–Trinajstić information content (AvgIpc) is 2.47. The van der Waals surface area contributed by atoms with Gasteiger partial charge in [-0.15, -0.1) is 0 Å². The smallest absolute Gasteiger partial charge is 0.337 e. The zero-order chi connectivity index (χ0) is 11.5. The van der Waals surface area contributed by atoms with E-state index < -0.39 is 0 Å². The van der Waals surface area contributed by atoms with Crippen LogP contribution in [0.4, 0.5) is 0 Å². The van der Waals surface area contributed by atoms with Gasteiger partial charge in [-0.05, 0) is 53.1 Å². The van der Waals surface area contributed by atoms with Crippen molar-refractivity contribution in [3.63, 3.8) is 0 Å². The summed E-state index contributed by atoms with van der Waals surface area (Å²) in [5.74, 6) is -0.268. The van der Waals surface area contributed by atoms with Crippen LogP contribution in [0.1, 0.15) is 34.3 Å². The van der Waals surface area contributed by atoms with Crippen molar-refractivity contribution >= 4 is 28.0 Å². The minimum Gasteiger partial charge on any atom is -0.465 e. The number of fused-ring (bicyclic) bond motifs is 1. The number of hydrogen-bond acceptors (Lipinski definition) is 2. The molecule has 1 aromatic rings. The molecule has 3 heteroatoms. The van der Waals surface area contributed by atoms with E-state index in [1.807, 2.05) is 18.2 Å². The normalized spacial score (nSPS) is 14.8. The molecule has 0 N–H and O–H groups in total. The van der Waals surface area contributed by atoms with Gasteiger partial charge < -0.3 is 4.74 Å². The van der Waals surface area contributed by atoms with Gasteiger partial charge in [-0.3, -0.25) is 0 Å². The van der Waals surface area contributed by atoms with Gasteiger partial charge in [-0.25, -0.2) is 4.79 Å². The Morgan fingerprint density at radius 1 is 1.38 bits per heavy atom. The standard InChI is InChI=1S/C13H13BrO2/c1-16-13(15)11-6-5-10-8-12(14)4-2-3-9(10)7-11/h5-8H,2-4H2,1H3. The van der Waals surface area contributed by atoms with Crippen molar-refractivity contribution in [3.05, 3.63) is 39.4 Å². The second-order valence-electron chi connectivity index (χ2n) is 3.85. The Morgan fingerprint density at radius 2 is 2.19 bits per heavy atom. The van der Waals surface area contributed by atoms with Crippen LogP contribution >= 0.6 is 15.9 Å². The highest BCUT2D eigenvalue weighted by Crippen LogP contribution is 2.27. The molecule has 0 aromatic heterocycles. The molecule has 2 nitrogen and oxygen atoms in total. The van der Waals surface area contributed by atoms with Crippen LogP contribution in [0.3, 0.4) is 0 Å². The number of carbonyl (C=O) groups excluding carboxylic acids is 1. The maximum atomic E-state index is 11.4. The van der Waals surface area contributed by atoms with E-state index in [-0.39, 0.29) is 5.97 Å². The van der Waals surface area contributed by atoms with Gasteiger partial charge in [0.15, 0.2) is 0 Å². The first kappa shape index (κ1) is 11.4. The highest BCUT2D eigenvalue weighted by molar-refractivity contribution is 9.11. The van der Waals surface area contributed by atoms with Gasteiger partial charge >= 0.3 is 5.97 Å². The van der Waals surface area contributed by atoms with Crippen molar-refractivity contribution in [3.8, 4) is 0 Å². The number of carbonyl (C=O) groups is 1. The Bertz CT molecular complexity index is 449. The molecular formula is C13H13BrO2. The van der Waals surface area contributed by atoms with Crippen LogP contribution in [0.25, 0.3) is 6.08 Å². The summed E-state index contributed by atoms with van der Waals surface area (Å²) in [6, 6.07) is 5.73. The lowest BCUT2D eigenvalue weighted by atomic mass is 10.0. The first-order valence-electron chi connectivity index (χ1n) is 5.28. The monoisotopic (exact) mass is 280 g/mol. The van der Waals surface area contributed by atoms with Crippen molar-refractivity contribution in [2.45, 2.75) is 19.3 Å². The van der Waals surface area contributed by atoms with E-state index in [9.17, 15) is 4.79 Å². The minimum atomic E-state index is -0.268. The molecule has 0 saturated heterocycles. The molecule has 2 rings (SSSR count). The highest BCUT2D eigenvalue weighted by atomic mass is 79.9. The molecule has 0 heterocycles. The molecule has 1 aliphatic rings. The molecule has 0 unspecified atom stereocenters. The number of ether oxygens (including phenoxy) is 1. The summed E-state index contributed by atoms with van der Waals surface area (Å²) < 4.78 is 5.94. The Hall–Kier alpha value is -1.09. The van der Waals surface area contributed by atoms with Gasteiger partial charge in [-0.1, -0.05) is 22.0 Å². The van der Waals surface area contributed by atoms with Crippen molar-refractivity contribution in [2.75, 3.05) is 7.11 Å². The van der Waals surface area contributed by atoms with E-state index in [2.05, 4.69) is 22.0 Å². The molecule has 0 bridgehead atoms. The number of rotatable bonds is 1. The average molecular weight is 281 g/mol. The van der Waals surface area contributed by atoms with Gasteiger partial charge in [0.05, 0.1) is 12.7 Å². The summed E-state index contributed by atoms with van der Waals surface area (Å²) >= 11 is 3.54. The fraction of sp³-hybridized carbons (Fsp3) is 0.308. The molecule has 0 radical (unpaired) electrons. The molecule has 1 aromatic carbocycles. The van der Waals surface area contributed by atoms with Gasteiger partial charge in [0, 0.05) is 0 Å². The zero-order valence-corrected chi connectivity index (χ0v) is 10.7. The second kappa shape index (κ2) is 4.83. The number of esters is 1. The lowest BCUT2D eigenvalue weighted by molar-refractivity contribution is 0.0600. The van der Waals surface area contributed by atoms with E-state index in [1.165, 1.54) is 22.7 Å². The lowest BCUT2D eigenvalue weighted by Crippen LogP contribution is -2.02. The molecule has 16 heavy (non-hydrogen) atoms. The van der Waals surface area contributed by atoms with Gasteiger partial charge in [0.1, 0.15) is 0 Å². The molecule has 0 fully saturated rings. The Kier molecular flexibility index (Phi) is 3.44. The maximum absolute atomic E-state index is 11.4. The summed E-state index contributed by atoms with van der Waals surface area (Å²) in [6.07, 6.45) is 5.30. The molecule has 0 saturated carbocycles. The van der Waals surface area contributed by atoms with Crippen molar-refractivity contribution in [2.24, 2.45) is 0 Å². The molecule has 0 atom stereocenters. The third-order valence-electron chi connectivity index (χ3n) is 2.74. The summed E-state index contributed by atoms with van der Waals surface area (Å²) in [6.45, 7) is 0. The van der Waals surface area contributed by atoms with Crippen LogP contribution in [-0.4, -0.2) is 13.1 Å². The summed E-state index contributed by atoms with van der Waals surface area (Å²) in [7, 11) is 1.41. The first-order chi connectivity index (χ1) is 7.70. The summed E-state index contributed by atoms with van der Waals surface area (Å²) in [5, 5.41) is 0. The number of benzene rings is 1. The molecular weight excluding hydrogens is 268 g/mol. The molecule has 84 valence electrons. The van der Waals surface area contributed by atoms with Crippen LogP contribution in [0, 0.1) is 0 Å². The molecule has 0 aliphatic heterocycles. The van der Waals surface area contributed by atoms with Gasteiger partial charge in [0.2, 0.25) is 0 Å². The van der Waals surface area contributed by atoms with E-state index in [1.54, 1.807) is 0 Å². The van der Waals surface area contributed by atoms with Crippen LogP contribution in [0.5, 0.6) is 0 Å². The quantitative estimate of drug-likeness (QED) is 0.736. The third kappa shape index (κ3) is 2.35. The predicted octanol–water partition coefficient (Wildman–Crippen LogP) is 3.55. The predicted molar refractivity (Wildman–Crippen MR) is 67.6 cm³/mol. The number of allylic oxidation sites excluding steroid dienone is 1. The Labute approximate surface area is 103 Å². The Morgan fingerprint density at radius 3 is 2.94 bits per heavy atom. The summed E-state index contributed by atoms with van der Waals surface area (Å²) in [5.41, 5.74) is 3.04. The summed E-state index contributed by atoms with van der Waals surface area (Å²) in [4.78, 5) is 11.4. The van der Waals surface area contributed by atoms with E-state index in [4.69, 9.17) is 4.74 Å². The lowest BCUT2D eigenvalue weighted by Gasteiger charge is -2.06. The van der Waals surface area contributed by atoms with Crippen molar-refractivity contribution < 1.29 is 9.53 Å². The fourth-order valence-electron chi connectivity index (χ4n) is 1.90. The third-order valence-corrected chi connectivity index (χ3v) is 3.36. The SMILES string of the molecule is COC(=O)c1ccc2c(c1)CCCC(Br)=C2. The van der Waals surface area contributed by atoms with Crippen LogP contribution in [0.2, 0.25) is 0 Å². The minimum absolute atomic E-state index is 0.268. The largest absolute Gasteiger partial charge is 0.465 e. The van der Waals surface area contributed by atoms with Crippen molar-refractivity contribution in [1.29, 1.82) is 0 Å².